The third-order valence-corrected chi connectivity index (χ3v) is 4.32. The molecule has 0 unspecified atom stereocenters. The number of rotatable bonds is 4. The number of nitrogens with zero attached hydrogens (tertiary/aromatic N) is 2. The Kier molecular flexibility index (Phi) is 4.21. The molecule has 2 aromatic carbocycles. The van der Waals surface area contributed by atoms with Crippen LogP contribution in [-0.4, -0.2) is 22.2 Å². The van der Waals surface area contributed by atoms with Crippen LogP contribution in [0.4, 0.5) is 5.69 Å². The molecule has 0 aliphatic heterocycles. The van der Waals surface area contributed by atoms with Crippen LogP contribution in [0.5, 0.6) is 5.75 Å². The second kappa shape index (κ2) is 6.47. The molecule has 1 amide bonds. The molecular formula is C16H11N3O4S. The van der Waals surface area contributed by atoms with E-state index in [1.54, 1.807) is 24.3 Å². The van der Waals surface area contributed by atoms with Crippen molar-refractivity contribution in [3.63, 3.8) is 0 Å². The van der Waals surface area contributed by atoms with Crippen molar-refractivity contribution in [1.29, 1.82) is 0 Å². The molecule has 0 radical (unpaired) electrons. The van der Waals surface area contributed by atoms with E-state index in [2.05, 4.69) is 10.5 Å². The lowest BCUT2D eigenvalue weighted by Crippen LogP contribution is -2.16. The van der Waals surface area contributed by atoms with Crippen molar-refractivity contribution in [2.45, 2.75) is 0 Å². The summed E-state index contributed by atoms with van der Waals surface area (Å²) in [5, 5.41) is 24.5. The van der Waals surface area contributed by atoms with E-state index in [-0.39, 0.29) is 11.4 Å². The van der Waals surface area contributed by atoms with Gasteiger partial charge in [-0.05, 0) is 42.0 Å². The Hall–Kier alpha value is -3.26. The van der Waals surface area contributed by atoms with E-state index < -0.39 is 10.8 Å². The number of benzene rings is 2. The number of carbonyl (C=O) groups is 1. The fourth-order valence-corrected chi connectivity index (χ4v) is 2.97. The van der Waals surface area contributed by atoms with Crippen molar-refractivity contribution < 1.29 is 14.8 Å². The first-order valence-corrected chi connectivity index (χ1v) is 7.65. The number of phenolic OH excluding ortho intramolecular Hbond substituents is 1. The first kappa shape index (κ1) is 15.6. The molecule has 0 fully saturated rings. The van der Waals surface area contributed by atoms with E-state index in [0.29, 0.717) is 10.3 Å². The number of hydrazone groups is 1. The zero-order valence-corrected chi connectivity index (χ0v) is 13.0. The topological polar surface area (TPSA) is 105 Å². The van der Waals surface area contributed by atoms with Gasteiger partial charge in [-0.25, -0.2) is 5.43 Å². The number of phenols is 1. The summed E-state index contributed by atoms with van der Waals surface area (Å²) < 4.78 is 0.785. The third kappa shape index (κ3) is 3.39. The molecule has 0 bridgehead atoms. The molecule has 3 aromatic rings. The first-order chi connectivity index (χ1) is 11.5. The van der Waals surface area contributed by atoms with Gasteiger partial charge >= 0.3 is 0 Å². The highest BCUT2D eigenvalue weighted by molar-refractivity contribution is 7.20. The Morgan fingerprint density at radius 3 is 2.67 bits per heavy atom. The first-order valence-electron chi connectivity index (χ1n) is 6.83. The van der Waals surface area contributed by atoms with E-state index in [1.807, 2.05) is 0 Å². The number of nitro benzene ring substituents is 1. The molecular weight excluding hydrogens is 330 g/mol. The molecule has 1 aromatic heterocycles. The number of amides is 1. The number of carbonyl (C=O) groups excluding carboxylic acids is 1. The maximum absolute atomic E-state index is 12.1. The minimum atomic E-state index is -0.473. The normalized spacial score (nSPS) is 11.0. The van der Waals surface area contributed by atoms with E-state index in [0.717, 1.165) is 10.3 Å². The van der Waals surface area contributed by atoms with Crippen molar-refractivity contribution in [3.8, 4) is 5.75 Å². The number of aromatic hydroxyl groups is 1. The Morgan fingerprint density at radius 1 is 1.21 bits per heavy atom. The Balaban J connectivity index is 1.73. The molecule has 0 aliphatic rings. The van der Waals surface area contributed by atoms with Gasteiger partial charge < -0.3 is 5.11 Å². The summed E-state index contributed by atoms with van der Waals surface area (Å²) in [6, 6.07) is 12.4. The van der Waals surface area contributed by atoms with Gasteiger partial charge in [-0.3, -0.25) is 14.9 Å². The molecule has 0 saturated heterocycles. The molecule has 120 valence electrons. The second-order valence-electron chi connectivity index (χ2n) is 4.88. The zero-order chi connectivity index (χ0) is 17.1. The predicted molar refractivity (Wildman–Crippen MR) is 91.6 cm³/mol. The second-order valence-corrected chi connectivity index (χ2v) is 5.96. The molecule has 0 spiro atoms. The fourth-order valence-electron chi connectivity index (χ4n) is 2.04. The lowest BCUT2D eigenvalue weighted by Gasteiger charge is -1.96. The number of non-ortho nitro benzene ring substituents is 1. The van der Waals surface area contributed by atoms with Crippen LogP contribution in [0.3, 0.4) is 0 Å². The minimum Gasteiger partial charge on any atom is -0.508 e. The summed E-state index contributed by atoms with van der Waals surface area (Å²) in [5.41, 5.74) is 3.11. The van der Waals surface area contributed by atoms with E-state index in [9.17, 15) is 20.0 Å². The van der Waals surface area contributed by atoms with E-state index >= 15 is 0 Å². The van der Waals surface area contributed by atoms with Crippen LogP contribution < -0.4 is 5.43 Å². The quantitative estimate of drug-likeness (QED) is 0.431. The fraction of sp³-hybridized carbons (Fsp3) is 0. The largest absolute Gasteiger partial charge is 0.508 e. The van der Waals surface area contributed by atoms with Crippen LogP contribution in [-0.2, 0) is 0 Å². The van der Waals surface area contributed by atoms with Gasteiger partial charge in [0.2, 0.25) is 0 Å². The molecule has 0 saturated carbocycles. The van der Waals surface area contributed by atoms with Gasteiger partial charge in [0.25, 0.3) is 11.6 Å². The minimum absolute atomic E-state index is 0.0161. The lowest BCUT2D eigenvalue weighted by atomic mass is 10.2. The van der Waals surface area contributed by atoms with Crippen LogP contribution in [0.2, 0.25) is 0 Å². The highest BCUT2D eigenvalue weighted by atomic mass is 32.1. The van der Waals surface area contributed by atoms with Gasteiger partial charge in [-0.2, -0.15) is 5.10 Å². The predicted octanol–water partition coefficient (Wildman–Crippen LogP) is 3.28. The highest BCUT2D eigenvalue weighted by Crippen LogP contribution is 2.28. The number of nitro groups is 1. The Bertz CT molecular complexity index is 948. The van der Waals surface area contributed by atoms with Crippen molar-refractivity contribution in [3.05, 3.63) is 69.1 Å². The van der Waals surface area contributed by atoms with Gasteiger partial charge in [0.15, 0.2) is 0 Å². The van der Waals surface area contributed by atoms with Crippen molar-refractivity contribution in [2.24, 2.45) is 5.10 Å². The summed E-state index contributed by atoms with van der Waals surface area (Å²) in [6.07, 6.45) is 1.45. The number of fused-ring (bicyclic) bond motifs is 1. The average molecular weight is 341 g/mol. The van der Waals surface area contributed by atoms with Gasteiger partial charge in [-0.15, -0.1) is 11.3 Å². The van der Waals surface area contributed by atoms with E-state index in [1.165, 1.54) is 41.8 Å². The molecule has 2 N–H and O–H groups in total. The smallest absolute Gasteiger partial charge is 0.281 e. The number of hydrogen-bond donors (Lipinski definition) is 2. The standard InChI is InChI=1S/C16H11N3O4S/c20-13-4-1-10(2-5-13)9-17-18-16(21)15-8-11-7-12(19(22)23)3-6-14(11)24-15/h1-9,20H,(H,18,21). The van der Waals surface area contributed by atoms with Crippen molar-refractivity contribution in [1.82, 2.24) is 5.43 Å². The van der Waals surface area contributed by atoms with Crippen molar-refractivity contribution in [2.75, 3.05) is 0 Å². The maximum atomic E-state index is 12.1. The van der Waals surface area contributed by atoms with Crippen LogP contribution in [0.1, 0.15) is 15.2 Å². The summed E-state index contributed by atoms with van der Waals surface area (Å²) >= 11 is 1.23. The molecule has 3 rings (SSSR count). The van der Waals surface area contributed by atoms with Crippen molar-refractivity contribution >= 4 is 39.2 Å². The lowest BCUT2D eigenvalue weighted by molar-refractivity contribution is -0.384. The zero-order valence-electron chi connectivity index (χ0n) is 12.2. The third-order valence-electron chi connectivity index (χ3n) is 3.21. The molecule has 24 heavy (non-hydrogen) atoms. The molecule has 0 atom stereocenters. The summed E-state index contributed by atoms with van der Waals surface area (Å²) in [4.78, 5) is 22.8. The van der Waals surface area contributed by atoms with Crippen LogP contribution >= 0.6 is 11.3 Å². The van der Waals surface area contributed by atoms with Gasteiger partial charge in [0.1, 0.15) is 5.75 Å². The summed E-state index contributed by atoms with van der Waals surface area (Å²) in [7, 11) is 0. The highest BCUT2D eigenvalue weighted by Gasteiger charge is 2.12. The van der Waals surface area contributed by atoms with Crippen LogP contribution in [0.25, 0.3) is 10.1 Å². The number of hydrogen-bond acceptors (Lipinski definition) is 6. The van der Waals surface area contributed by atoms with Crippen LogP contribution in [0.15, 0.2) is 53.6 Å². The molecule has 0 aliphatic carbocycles. The van der Waals surface area contributed by atoms with Gasteiger partial charge in [-0.1, -0.05) is 0 Å². The SMILES string of the molecule is O=C(NN=Cc1ccc(O)cc1)c1cc2cc([N+](=O)[O-])ccc2s1. The average Bonchev–Trinajstić information content (AvgIpc) is 2.99. The summed E-state index contributed by atoms with van der Waals surface area (Å²) in [5.74, 6) is -0.246. The maximum Gasteiger partial charge on any atom is 0.281 e. The molecule has 7 nitrogen and oxygen atoms in total. The molecule has 8 heteroatoms. The molecule has 1 heterocycles. The Morgan fingerprint density at radius 2 is 1.96 bits per heavy atom. The van der Waals surface area contributed by atoms with Crippen LogP contribution in [0, 0.1) is 10.1 Å². The number of nitrogens with one attached hydrogen (secondary N) is 1. The number of thiophene rings is 1. The summed E-state index contributed by atoms with van der Waals surface area (Å²) in [6.45, 7) is 0. The van der Waals surface area contributed by atoms with Gasteiger partial charge in [0.05, 0.1) is 16.0 Å². The van der Waals surface area contributed by atoms with E-state index in [4.69, 9.17) is 0 Å². The monoisotopic (exact) mass is 341 g/mol. The van der Waals surface area contributed by atoms with Gasteiger partial charge in [0, 0.05) is 22.2 Å². The Labute approximate surface area is 140 Å².